The van der Waals surface area contributed by atoms with Crippen molar-refractivity contribution in [3.8, 4) is 12.3 Å². The summed E-state index contributed by atoms with van der Waals surface area (Å²) in [4.78, 5) is 13.7. The monoisotopic (exact) mass is 281 g/mol. The Morgan fingerprint density at radius 2 is 2.37 bits per heavy atom. The number of furan rings is 1. The molecule has 0 bridgehead atoms. The van der Waals surface area contributed by atoms with E-state index in [4.69, 9.17) is 10.8 Å². The summed E-state index contributed by atoms with van der Waals surface area (Å²) in [6.07, 6.45) is 7.15. The second-order valence-corrected chi connectivity index (χ2v) is 6.81. The molecule has 0 aliphatic carbocycles. The summed E-state index contributed by atoms with van der Waals surface area (Å²) < 4.78 is 28.0. The highest BCUT2D eigenvalue weighted by molar-refractivity contribution is 7.91. The van der Waals surface area contributed by atoms with Gasteiger partial charge in [0, 0.05) is 0 Å². The first-order valence-corrected chi connectivity index (χ1v) is 7.79. The van der Waals surface area contributed by atoms with Crippen LogP contribution >= 0.6 is 0 Å². The van der Waals surface area contributed by atoms with Gasteiger partial charge in [0.15, 0.2) is 9.84 Å². The fourth-order valence-electron chi connectivity index (χ4n) is 2.16. The molecule has 2 rings (SSSR count). The number of amides is 1. The molecule has 1 aliphatic heterocycles. The molecule has 0 spiro atoms. The molecule has 1 aliphatic rings. The Balaban J connectivity index is 2.07. The third kappa shape index (κ3) is 3.38. The van der Waals surface area contributed by atoms with Crippen LogP contribution in [0.4, 0.5) is 0 Å². The van der Waals surface area contributed by atoms with E-state index >= 15 is 0 Å². The number of hydrogen-bond donors (Lipinski definition) is 0. The van der Waals surface area contributed by atoms with E-state index in [1.807, 2.05) is 0 Å². The van der Waals surface area contributed by atoms with Crippen molar-refractivity contribution in [2.45, 2.75) is 13.0 Å². The van der Waals surface area contributed by atoms with Gasteiger partial charge in [-0.3, -0.25) is 4.79 Å². The Kier molecular flexibility index (Phi) is 3.96. The summed E-state index contributed by atoms with van der Waals surface area (Å²) in [5, 5.41) is 0. The zero-order valence-electron chi connectivity index (χ0n) is 10.4. The number of carbonyl (C=O) groups is 1. The SMILES string of the molecule is C#CCN(Cc1ccco1)C(=O)[C@@H]1CCS(=O)(=O)C1. The lowest BCUT2D eigenvalue weighted by Crippen LogP contribution is -2.36. The van der Waals surface area contributed by atoms with E-state index in [9.17, 15) is 13.2 Å². The molecule has 0 saturated carbocycles. The van der Waals surface area contributed by atoms with Gasteiger partial charge in [-0.1, -0.05) is 5.92 Å². The Morgan fingerprint density at radius 1 is 1.58 bits per heavy atom. The zero-order valence-corrected chi connectivity index (χ0v) is 11.2. The van der Waals surface area contributed by atoms with Gasteiger partial charge in [-0.25, -0.2) is 8.42 Å². The fourth-order valence-corrected chi connectivity index (χ4v) is 3.89. The van der Waals surface area contributed by atoms with Crippen molar-refractivity contribution in [2.75, 3.05) is 18.1 Å². The summed E-state index contributed by atoms with van der Waals surface area (Å²) in [6, 6.07) is 3.48. The minimum absolute atomic E-state index is 0.0774. The van der Waals surface area contributed by atoms with Gasteiger partial charge in [0.25, 0.3) is 0 Å². The molecule has 1 atom stereocenters. The molecule has 19 heavy (non-hydrogen) atoms. The predicted octanol–water partition coefficient (Wildman–Crippen LogP) is 0.676. The molecule has 5 nitrogen and oxygen atoms in total. The quantitative estimate of drug-likeness (QED) is 0.761. The van der Waals surface area contributed by atoms with Gasteiger partial charge in [-0.05, 0) is 18.6 Å². The second kappa shape index (κ2) is 5.49. The van der Waals surface area contributed by atoms with Crippen LogP contribution in [0.1, 0.15) is 12.2 Å². The fraction of sp³-hybridized carbons (Fsp3) is 0.462. The van der Waals surface area contributed by atoms with Crippen molar-refractivity contribution in [1.82, 2.24) is 4.90 Å². The predicted molar refractivity (Wildman–Crippen MR) is 69.7 cm³/mol. The van der Waals surface area contributed by atoms with E-state index in [1.165, 1.54) is 11.2 Å². The molecule has 1 aromatic rings. The third-order valence-electron chi connectivity index (χ3n) is 3.10. The van der Waals surface area contributed by atoms with E-state index < -0.39 is 15.8 Å². The molecule has 0 aromatic carbocycles. The van der Waals surface area contributed by atoms with Crippen LogP contribution in [-0.4, -0.2) is 37.3 Å². The van der Waals surface area contributed by atoms with Crippen LogP contribution in [0.15, 0.2) is 22.8 Å². The van der Waals surface area contributed by atoms with Gasteiger partial charge in [0.1, 0.15) is 5.76 Å². The standard InChI is InChI=1S/C13H15NO4S/c1-2-6-14(9-12-4-3-7-18-12)13(15)11-5-8-19(16,17)10-11/h1,3-4,7,11H,5-6,8-10H2/t11-/m1/s1. The molecule has 0 unspecified atom stereocenters. The first-order valence-electron chi connectivity index (χ1n) is 5.97. The number of nitrogens with zero attached hydrogens (tertiary/aromatic N) is 1. The highest BCUT2D eigenvalue weighted by Crippen LogP contribution is 2.21. The Hall–Kier alpha value is -1.74. The van der Waals surface area contributed by atoms with Crippen LogP contribution in [0.25, 0.3) is 0 Å². The van der Waals surface area contributed by atoms with Crippen molar-refractivity contribution in [1.29, 1.82) is 0 Å². The molecule has 1 aromatic heterocycles. The zero-order chi connectivity index (χ0) is 13.9. The molecule has 2 heterocycles. The Morgan fingerprint density at radius 3 is 2.89 bits per heavy atom. The first kappa shape index (κ1) is 13.7. The molecule has 102 valence electrons. The summed E-state index contributed by atoms with van der Waals surface area (Å²) in [5.41, 5.74) is 0. The normalized spacial score (nSPS) is 20.9. The summed E-state index contributed by atoms with van der Waals surface area (Å²) >= 11 is 0. The van der Waals surface area contributed by atoms with Crippen LogP contribution in [0, 0.1) is 18.3 Å². The van der Waals surface area contributed by atoms with E-state index in [0.717, 1.165) is 0 Å². The lowest BCUT2D eigenvalue weighted by molar-refractivity contribution is -0.134. The lowest BCUT2D eigenvalue weighted by atomic mass is 10.1. The van der Waals surface area contributed by atoms with Crippen molar-refractivity contribution in [3.05, 3.63) is 24.2 Å². The van der Waals surface area contributed by atoms with E-state index in [2.05, 4.69) is 5.92 Å². The molecule has 1 saturated heterocycles. The lowest BCUT2D eigenvalue weighted by Gasteiger charge is -2.22. The molecule has 0 N–H and O–H groups in total. The third-order valence-corrected chi connectivity index (χ3v) is 4.87. The van der Waals surface area contributed by atoms with Crippen molar-refractivity contribution >= 4 is 15.7 Å². The summed E-state index contributed by atoms with van der Waals surface area (Å²) in [7, 11) is -3.07. The maximum atomic E-state index is 12.3. The number of hydrogen-bond acceptors (Lipinski definition) is 4. The van der Waals surface area contributed by atoms with Gasteiger partial charge >= 0.3 is 0 Å². The van der Waals surface area contributed by atoms with Crippen molar-refractivity contribution in [3.63, 3.8) is 0 Å². The summed E-state index contributed by atoms with van der Waals surface area (Å²) in [5.74, 6) is 2.36. The Bertz CT molecular complexity index is 583. The second-order valence-electron chi connectivity index (χ2n) is 4.58. The van der Waals surface area contributed by atoms with Crippen LogP contribution in [0.2, 0.25) is 0 Å². The summed E-state index contributed by atoms with van der Waals surface area (Å²) in [6.45, 7) is 0.419. The molecule has 1 amide bonds. The molecular weight excluding hydrogens is 266 g/mol. The molecule has 1 fully saturated rings. The van der Waals surface area contributed by atoms with Crippen LogP contribution < -0.4 is 0 Å². The van der Waals surface area contributed by atoms with Gasteiger partial charge in [0.2, 0.25) is 5.91 Å². The highest BCUT2D eigenvalue weighted by atomic mass is 32.2. The van der Waals surface area contributed by atoms with Crippen LogP contribution in [0.5, 0.6) is 0 Å². The number of terminal acetylenes is 1. The van der Waals surface area contributed by atoms with Gasteiger partial charge in [0.05, 0.1) is 36.8 Å². The van der Waals surface area contributed by atoms with E-state index in [1.54, 1.807) is 12.1 Å². The van der Waals surface area contributed by atoms with E-state index in [-0.39, 0.29) is 30.5 Å². The highest BCUT2D eigenvalue weighted by Gasteiger charge is 2.35. The first-order chi connectivity index (χ1) is 9.02. The van der Waals surface area contributed by atoms with Crippen LogP contribution in [-0.2, 0) is 21.2 Å². The van der Waals surface area contributed by atoms with Gasteiger partial charge in [-0.2, -0.15) is 0 Å². The topological polar surface area (TPSA) is 67.6 Å². The minimum Gasteiger partial charge on any atom is -0.467 e. The average molecular weight is 281 g/mol. The van der Waals surface area contributed by atoms with E-state index in [0.29, 0.717) is 12.2 Å². The van der Waals surface area contributed by atoms with Gasteiger partial charge < -0.3 is 9.32 Å². The minimum atomic E-state index is -3.07. The number of rotatable bonds is 4. The maximum absolute atomic E-state index is 12.3. The number of carbonyl (C=O) groups excluding carboxylic acids is 1. The molecular formula is C13H15NO4S. The van der Waals surface area contributed by atoms with Crippen molar-refractivity contribution in [2.24, 2.45) is 5.92 Å². The van der Waals surface area contributed by atoms with Crippen LogP contribution in [0.3, 0.4) is 0 Å². The largest absolute Gasteiger partial charge is 0.467 e. The maximum Gasteiger partial charge on any atom is 0.227 e. The van der Waals surface area contributed by atoms with Crippen molar-refractivity contribution < 1.29 is 17.6 Å². The Labute approximate surface area is 112 Å². The average Bonchev–Trinajstić information content (AvgIpc) is 2.97. The van der Waals surface area contributed by atoms with Gasteiger partial charge in [-0.15, -0.1) is 6.42 Å². The number of sulfone groups is 1. The molecule has 0 radical (unpaired) electrons. The smallest absolute Gasteiger partial charge is 0.227 e. The molecule has 6 heteroatoms.